The molecule has 0 radical (unpaired) electrons. The molecule has 2 N–H and O–H groups in total. The zero-order valence-corrected chi connectivity index (χ0v) is 13.3. The molecule has 2 rings (SSSR count). The van der Waals surface area contributed by atoms with Gasteiger partial charge in [0, 0.05) is 18.4 Å². The Balaban J connectivity index is 2.14. The van der Waals surface area contributed by atoms with Crippen molar-refractivity contribution in [1.29, 1.82) is 0 Å². The van der Waals surface area contributed by atoms with E-state index in [1.165, 1.54) is 11.3 Å². The van der Waals surface area contributed by atoms with Crippen LogP contribution in [0.3, 0.4) is 0 Å². The van der Waals surface area contributed by atoms with Crippen molar-refractivity contribution in [1.82, 2.24) is 5.32 Å². The van der Waals surface area contributed by atoms with E-state index in [4.69, 9.17) is 4.74 Å². The van der Waals surface area contributed by atoms with E-state index in [1.54, 1.807) is 0 Å². The van der Waals surface area contributed by atoms with Crippen molar-refractivity contribution in [2.45, 2.75) is 45.8 Å². The molecule has 2 atom stereocenters. The summed E-state index contributed by atoms with van der Waals surface area (Å²) in [5.41, 5.74) is 0.0953. The van der Waals surface area contributed by atoms with E-state index >= 15 is 0 Å². The molecule has 1 fully saturated rings. The molecule has 1 aliphatic rings. The Kier molecular flexibility index (Phi) is 4.23. The standard InChI is InChI=1S/C15H23NO3S/c1-5-19-11-8-15(9-17,14(11,3)4)16-13(18)12-10(2)6-7-20-12/h6-7,11,17H,5,8-9H2,1-4H3,(H,16,18)/t11-,15+/m0/s1. The molecule has 0 bridgehead atoms. The van der Waals surface area contributed by atoms with Crippen molar-refractivity contribution >= 4 is 17.2 Å². The Hall–Kier alpha value is -0.910. The monoisotopic (exact) mass is 297 g/mol. The van der Waals surface area contributed by atoms with Crippen molar-refractivity contribution < 1.29 is 14.6 Å². The second-order valence-electron chi connectivity index (χ2n) is 6.00. The number of aliphatic hydroxyl groups excluding tert-OH is 1. The lowest BCUT2D eigenvalue weighted by Gasteiger charge is -2.60. The predicted octanol–water partition coefficient (Wildman–Crippen LogP) is 2.35. The Bertz CT molecular complexity index is 497. The fourth-order valence-corrected chi connectivity index (χ4v) is 3.70. The molecule has 0 aromatic carbocycles. The number of hydrogen-bond acceptors (Lipinski definition) is 4. The van der Waals surface area contributed by atoms with Crippen LogP contribution in [-0.4, -0.2) is 35.9 Å². The van der Waals surface area contributed by atoms with Crippen LogP contribution in [0, 0.1) is 12.3 Å². The van der Waals surface area contributed by atoms with Crippen molar-refractivity contribution in [3.05, 3.63) is 21.9 Å². The number of amides is 1. The molecule has 0 spiro atoms. The van der Waals surface area contributed by atoms with Gasteiger partial charge in [-0.2, -0.15) is 0 Å². The minimum atomic E-state index is -0.597. The van der Waals surface area contributed by atoms with Crippen molar-refractivity contribution in [3.63, 3.8) is 0 Å². The number of rotatable bonds is 5. The fraction of sp³-hybridized carbons (Fsp3) is 0.667. The van der Waals surface area contributed by atoms with Gasteiger partial charge in [-0.15, -0.1) is 11.3 Å². The summed E-state index contributed by atoms with van der Waals surface area (Å²) in [6, 6.07) is 1.93. The highest BCUT2D eigenvalue weighted by Gasteiger charge is 2.61. The average molecular weight is 297 g/mol. The Morgan fingerprint density at radius 3 is 2.75 bits per heavy atom. The lowest BCUT2D eigenvalue weighted by Crippen LogP contribution is -2.74. The lowest BCUT2D eigenvalue weighted by atomic mass is 9.54. The van der Waals surface area contributed by atoms with Gasteiger partial charge in [-0.3, -0.25) is 4.79 Å². The molecule has 0 saturated heterocycles. The molecule has 4 nitrogen and oxygen atoms in total. The van der Waals surface area contributed by atoms with Crippen molar-refractivity contribution in [2.75, 3.05) is 13.2 Å². The van der Waals surface area contributed by atoms with Gasteiger partial charge in [-0.25, -0.2) is 0 Å². The second kappa shape index (κ2) is 5.47. The Labute approximate surface area is 124 Å². The molecule has 1 aromatic heterocycles. The van der Waals surface area contributed by atoms with Gasteiger partial charge < -0.3 is 15.2 Å². The van der Waals surface area contributed by atoms with Crippen molar-refractivity contribution in [2.24, 2.45) is 5.41 Å². The zero-order valence-electron chi connectivity index (χ0n) is 12.5. The largest absolute Gasteiger partial charge is 0.394 e. The van der Waals surface area contributed by atoms with E-state index in [0.29, 0.717) is 17.9 Å². The van der Waals surface area contributed by atoms with Gasteiger partial charge in [0.25, 0.3) is 5.91 Å². The number of carbonyl (C=O) groups is 1. The highest BCUT2D eigenvalue weighted by Crippen LogP contribution is 2.51. The normalized spacial score (nSPS) is 27.9. The molecule has 0 unspecified atom stereocenters. The van der Waals surface area contributed by atoms with E-state index in [0.717, 1.165) is 5.56 Å². The number of carbonyl (C=O) groups excluding carboxylic acids is 1. The number of aryl methyl sites for hydroxylation is 1. The molecule has 1 aliphatic carbocycles. The number of hydrogen-bond donors (Lipinski definition) is 2. The molecule has 1 saturated carbocycles. The first kappa shape index (κ1) is 15.5. The molecular weight excluding hydrogens is 274 g/mol. The number of thiophene rings is 1. The van der Waals surface area contributed by atoms with Crippen LogP contribution in [0.5, 0.6) is 0 Å². The predicted molar refractivity (Wildman–Crippen MR) is 80.2 cm³/mol. The van der Waals surface area contributed by atoms with Crippen LogP contribution < -0.4 is 5.32 Å². The number of aliphatic hydroxyl groups is 1. The van der Waals surface area contributed by atoms with Gasteiger partial charge in [0.2, 0.25) is 0 Å². The average Bonchev–Trinajstić information content (AvgIpc) is 2.83. The molecule has 112 valence electrons. The van der Waals surface area contributed by atoms with Crippen LogP contribution in [0.1, 0.15) is 42.4 Å². The minimum absolute atomic E-state index is 0.0697. The summed E-state index contributed by atoms with van der Waals surface area (Å²) < 4.78 is 5.69. The summed E-state index contributed by atoms with van der Waals surface area (Å²) in [4.78, 5) is 13.1. The highest BCUT2D eigenvalue weighted by molar-refractivity contribution is 7.12. The van der Waals surface area contributed by atoms with Gasteiger partial charge >= 0.3 is 0 Å². The Morgan fingerprint density at radius 1 is 1.60 bits per heavy atom. The first-order chi connectivity index (χ1) is 9.38. The summed E-state index contributed by atoms with van der Waals surface area (Å²) in [7, 11) is 0. The molecule has 1 aromatic rings. The fourth-order valence-electron chi connectivity index (χ4n) is 2.88. The third-order valence-electron chi connectivity index (χ3n) is 4.63. The number of ether oxygens (including phenoxy) is 1. The lowest BCUT2D eigenvalue weighted by molar-refractivity contribution is -0.172. The van der Waals surface area contributed by atoms with E-state index in [9.17, 15) is 9.90 Å². The van der Waals surface area contributed by atoms with Gasteiger partial charge in [0.1, 0.15) is 0 Å². The smallest absolute Gasteiger partial charge is 0.262 e. The zero-order chi connectivity index (χ0) is 15.0. The molecule has 5 heteroatoms. The third-order valence-corrected chi connectivity index (χ3v) is 5.65. The second-order valence-corrected chi connectivity index (χ2v) is 6.91. The van der Waals surface area contributed by atoms with Crippen LogP contribution in [0.25, 0.3) is 0 Å². The van der Waals surface area contributed by atoms with E-state index < -0.39 is 5.54 Å². The SMILES string of the molecule is CCO[C@H]1C[C@](CO)(NC(=O)c2sccc2C)C1(C)C. The highest BCUT2D eigenvalue weighted by atomic mass is 32.1. The summed E-state index contributed by atoms with van der Waals surface area (Å²) in [6.07, 6.45) is 0.727. The van der Waals surface area contributed by atoms with E-state index in [1.807, 2.05) is 39.1 Å². The topological polar surface area (TPSA) is 58.6 Å². The van der Waals surface area contributed by atoms with Crippen molar-refractivity contribution in [3.8, 4) is 0 Å². The molecule has 0 aliphatic heterocycles. The summed E-state index contributed by atoms with van der Waals surface area (Å²) in [5, 5.41) is 14.8. The molecular formula is C15H23NO3S. The summed E-state index contributed by atoms with van der Waals surface area (Å²) >= 11 is 1.43. The van der Waals surface area contributed by atoms with Crippen LogP contribution in [0.2, 0.25) is 0 Å². The van der Waals surface area contributed by atoms with Crippen LogP contribution in [-0.2, 0) is 4.74 Å². The Morgan fingerprint density at radius 2 is 2.30 bits per heavy atom. The summed E-state index contributed by atoms with van der Waals surface area (Å²) in [5.74, 6) is -0.102. The third kappa shape index (κ3) is 2.28. The van der Waals surface area contributed by atoms with Crippen LogP contribution in [0.4, 0.5) is 0 Å². The van der Waals surface area contributed by atoms with Gasteiger partial charge in [-0.05, 0) is 30.9 Å². The van der Waals surface area contributed by atoms with E-state index in [2.05, 4.69) is 5.32 Å². The first-order valence-electron chi connectivity index (χ1n) is 6.97. The van der Waals surface area contributed by atoms with Crippen LogP contribution in [0.15, 0.2) is 11.4 Å². The molecule has 1 amide bonds. The summed E-state index contributed by atoms with van der Waals surface area (Å²) in [6.45, 7) is 8.53. The maximum atomic E-state index is 12.4. The van der Waals surface area contributed by atoms with Gasteiger partial charge in [0.05, 0.1) is 23.1 Å². The van der Waals surface area contributed by atoms with Gasteiger partial charge in [0.15, 0.2) is 0 Å². The molecule has 20 heavy (non-hydrogen) atoms. The maximum absolute atomic E-state index is 12.4. The number of nitrogens with one attached hydrogen (secondary N) is 1. The molecule has 1 heterocycles. The quantitative estimate of drug-likeness (QED) is 0.877. The van der Waals surface area contributed by atoms with Gasteiger partial charge in [-0.1, -0.05) is 13.8 Å². The minimum Gasteiger partial charge on any atom is -0.394 e. The van der Waals surface area contributed by atoms with E-state index in [-0.39, 0.29) is 24.0 Å². The van der Waals surface area contributed by atoms with Crippen LogP contribution >= 0.6 is 11.3 Å². The maximum Gasteiger partial charge on any atom is 0.262 e. The first-order valence-corrected chi connectivity index (χ1v) is 7.85.